The molecule has 0 bridgehead atoms. The number of rotatable bonds is 7. The van der Waals surface area contributed by atoms with E-state index in [2.05, 4.69) is 146 Å². The summed E-state index contributed by atoms with van der Waals surface area (Å²) in [5.41, 5.74) is 4.81. The summed E-state index contributed by atoms with van der Waals surface area (Å²) in [4.78, 5) is 0. The first-order chi connectivity index (χ1) is 18.4. The van der Waals surface area contributed by atoms with Crippen LogP contribution in [0.3, 0.4) is 0 Å². The Morgan fingerprint density at radius 1 is 0.632 bits per heavy atom. The Hall–Kier alpha value is -1.68. The van der Waals surface area contributed by atoms with E-state index < -0.39 is 0 Å². The van der Waals surface area contributed by atoms with Crippen molar-refractivity contribution in [3.8, 4) is 0 Å². The molecule has 0 aliphatic carbocycles. The zero-order valence-electron chi connectivity index (χ0n) is 20.1. The molecule has 1 fully saturated rings. The van der Waals surface area contributed by atoms with Crippen molar-refractivity contribution in [1.29, 1.82) is 0 Å². The first-order valence-corrected chi connectivity index (χ1v) is 15.6. The van der Waals surface area contributed by atoms with Gasteiger partial charge in [-0.2, -0.15) is 0 Å². The van der Waals surface area contributed by atoms with Gasteiger partial charge in [0.1, 0.15) is 6.10 Å². The summed E-state index contributed by atoms with van der Waals surface area (Å²) >= 11 is 14.7. The van der Waals surface area contributed by atoms with Gasteiger partial charge in [0.25, 0.3) is 0 Å². The van der Waals surface area contributed by atoms with Crippen molar-refractivity contribution in [3.05, 3.63) is 90.7 Å². The lowest BCUT2D eigenvalue weighted by Crippen LogP contribution is -2.27. The number of hydrogen-bond donors (Lipinski definition) is 0. The molecule has 38 heavy (non-hydrogen) atoms. The Morgan fingerprint density at radius 3 is 1.29 bits per heavy atom. The fourth-order valence-corrected chi connectivity index (χ4v) is 6.91. The SMILES string of the molecule is Brc1ccc2c(c1)c1cc(Br)ccc1n2CC(Cn1c2ccc(Br)cc2c2cc(Br)ccc21)OC[C@H]1CO1. The summed E-state index contributed by atoms with van der Waals surface area (Å²) in [6.07, 6.45) is 0.143. The van der Waals surface area contributed by atoms with E-state index in [1.807, 2.05) is 0 Å². The van der Waals surface area contributed by atoms with Gasteiger partial charge in [0.05, 0.1) is 32.4 Å². The minimum Gasteiger partial charge on any atom is -0.372 e. The largest absolute Gasteiger partial charge is 0.372 e. The molecular weight excluding hydrogens is 740 g/mol. The number of benzene rings is 4. The molecule has 1 aliphatic rings. The maximum Gasteiger partial charge on any atom is 0.104 e. The average molecular weight is 762 g/mol. The van der Waals surface area contributed by atoms with Crippen LogP contribution in [0, 0.1) is 0 Å². The molecule has 4 aromatic carbocycles. The second-order valence-electron chi connectivity index (χ2n) is 9.78. The van der Waals surface area contributed by atoms with Gasteiger partial charge < -0.3 is 18.6 Å². The molecule has 0 N–H and O–H groups in total. The molecule has 0 saturated carbocycles. The monoisotopic (exact) mass is 758 g/mol. The van der Waals surface area contributed by atoms with E-state index in [-0.39, 0.29) is 12.2 Å². The topological polar surface area (TPSA) is 31.6 Å². The van der Waals surface area contributed by atoms with Gasteiger partial charge in [-0.25, -0.2) is 0 Å². The Morgan fingerprint density at radius 2 is 0.974 bits per heavy atom. The Labute approximate surface area is 253 Å². The number of nitrogens with zero attached hydrogens (tertiary/aromatic N) is 2. The van der Waals surface area contributed by atoms with Gasteiger partial charge in [0.15, 0.2) is 0 Å². The maximum atomic E-state index is 6.60. The van der Waals surface area contributed by atoms with Crippen LogP contribution in [-0.4, -0.2) is 34.6 Å². The summed E-state index contributed by atoms with van der Waals surface area (Å²) < 4.78 is 21.2. The summed E-state index contributed by atoms with van der Waals surface area (Å²) in [6, 6.07) is 26.1. The van der Waals surface area contributed by atoms with Crippen LogP contribution >= 0.6 is 63.7 Å². The first kappa shape index (κ1) is 25.3. The van der Waals surface area contributed by atoms with Crippen LogP contribution in [0.2, 0.25) is 0 Å². The molecular formula is C30H22Br4N2O2. The van der Waals surface area contributed by atoms with Gasteiger partial charge in [0, 0.05) is 61.5 Å². The predicted octanol–water partition coefficient (Wildman–Crippen LogP) is 9.44. The Balaban J connectivity index is 1.35. The fraction of sp³-hybridized carbons (Fsp3) is 0.200. The standard InChI is InChI=1S/C30H22Br4N2O2/c31-17-1-5-27-23(9-17)24-10-18(32)2-6-28(24)35(27)13-21(37-15-22-16-38-22)14-36-29-7-3-19(33)11-25(29)26-12-20(34)4-8-30(26)36/h1-12,21-22H,13-16H2/t22-/m0/s1. The maximum absolute atomic E-state index is 6.60. The van der Waals surface area contributed by atoms with E-state index in [0.29, 0.717) is 6.61 Å². The molecule has 1 aliphatic heterocycles. The molecule has 4 nitrogen and oxygen atoms in total. The van der Waals surface area contributed by atoms with Crippen LogP contribution in [0.4, 0.5) is 0 Å². The number of halogens is 4. The predicted molar refractivity (Wildman–Crippen MR) is 169 cm³/mol. The lowest BCUT2D eigenvalue weighted by molar-refractivity contribution is 0.0239. The van der Waals surface area contributed by atoms with Crippen LogP contribution in [0.1, 0.15) is 0 Å². The van der Waals surface area contributed by atoms with Crippen LogP contribution in [0.5, 0.6) is 0 Å². The summed E-state index contributed by atoms with van der Waals surface area (Å²) in [5, 5.41) is 4.91. The highest BCUT2D eigenvalue weighted by Crippen LogP contribution is 2.36. The second-order valence-corrected chi connectivity index (χ2v) is 13.4. The number of hydrogen-bond acceptors (Lipinski definition) is 2. The molecule has 7 rings (SSSR count). The van der Waals surface area contributed by atoms with E-state index in [1.54, 1.807) is 0 Å². The van der Waals surface area contributed by atoms with E-state index in [1.165, 1.54) is 43.6 Å². The normalized spacial score (nSPS) is 15.6. The molecule has 2 aromatic heterocycles. The molecule has 1 saturated heterocycles. The third-order valence-corrected chi connectivity index (χ3v) is 9.24. The van der Waals surface area contributed by atoms with Gasteiger partial charge in [-0.15, -0.1) is 0 Å². The highest BCUT2D eigenvalue weighted by Gasteiger charge is 2.26. The van der Waals surface area contributed by atoms with E-state index in [0.717, 1.165) is 37.6 Å². The minimum atomic E-state index is -0.0589. The molecule has 1 atom stereocenters. The third kappa shape index (κ3) is 4.67. The van der Waals surface area contributed by atoms with Gasteiger partial charge in [0.2, 0.25) is 0 Å². The van der Waals surface area contributed by atoms with Gasteiger partial charge in [-0.3, -0.25) is 0 Å². The number of ether oxygens (including phenoxy) is 2. The zero-order chi connectivity index (χ0) is 26.0. The van der Waals surface area contributed by atoms with Crippen molar-refractivity contribution in [3.63, 3.8) is 0 Å². The summed E-state index contributed by atoms with van der Waals surface area (Å²) in [7, 11) is 0. The van der Waals surface area contributed by atoms with Gasteiger partial charge in [-0.1, -0.05) is 63.7 Å². The van der Waals surface area contributed by atoms with Crippen molar-refractivity contribution in [2.75, 3.05) is 13.2 Å². The van der Waals surface area contributed by atoms with Crippen LogP contribution in [0.25, 0.3) is 43.6 Å². The number of fused-ring (bicyclic) bond motifs is 6. The lowest BCUT2D eigenvalue weighted by atomic mass is 10.2. The van der Waals surface area contributed by atoms with E-state index in [4.69, 9.17) is 9.47 Å². The fourth-order valence-electron chi connectivity index (χ4n) is 5.47. The molecule has 0 amide bonds. The number of epoxide rings is 1. The molecule has 192 valence electrons. The smallest absolute Gasteiger partial charge is 0.104 e. The second kappa shape index (κ2) is 10.1. The molecule has 8 heteroatoms. The molecule has 3 heterocycles. The van der Waals surface area contributed by atoms with Crippen molar-refractivity contribution in [2.24, 2.45) is 0 Å². The molecule has 0 spiro atoms. The van der Waals surface area contributed by atoms with Crippen molar-refractivity contribution in [1.82, 2.24) is 9.13 Å². The minimum absolute atomic E-state index is 0.0589. The van der Waals surface area contributed by atoms with E-state index >= 15 is 0 Å². The van der Waals surface area contributed by atoms with Crippen molar-refractivity contribution < 1.29 is 9.47 Å². The average Bonchev–Trinajstić information content (AvgIpc) is 3.63. The third-order valence-electron chi connectivity index (χ3n) is 7.27. The van der Waals surface area contributed by atoms with E-state index in [9.17, 15) is 0 Å². The number of aromatic nitrogens is 2. The van der Waals surface area contributed by atoms with Gasteiger partial charge in [-0.05, 0) is 72.8 Å². The Bertz CT molecular complexity index is 1610. The van der Waals surface area contributed by atoms with Crippen LogP contribution in [0.15, 0.2) is 90.7 Å². The molecule has 0 radical (unpaired) electrons. The van der Waals surface area contributed by atoms with Crippen molar-refractivity contribution >= 4 is 107 Å². The Kier molecular flexibility index (Phi) is 6.69. The first-order valence-electron chi connectivity index (χ1n) is 12.4. The highest BCUT2D eigenvalue weighted by molar-refractivity contribution is 9.11. The molecule has 0 unspecified atom stereocenters. The quantitative estimate of drug-likeness (QED) is 0.152. The lowest BCUT2D eigenvalue weighted by Gasteiger charge is -2.22. The van der Waals surface area contributed by atoms with Crippen LogP contribution < -0.4 is 0 Å². The van der Waals surface area contributed by atoms with Crippen LogP contribution in [-0.2, 0) is 22.6 Å². The molecule has 6 aromatic rings. The van der Waals surface area contributed by atoms with Gasteiger partial charge >= 0.3 is 0 Å². The summed E-state index contributed by atoms with van der Waals surface area (Å²) in [6.45, 7) is 2.84. The zero-order valence-corrected chi connectivity index (χ0v) is 26.5. The highest BCUT2D eigenvalue weighted by atomic mass is 79.9. The summed E-state index contributed by atoms with van der Waals surface area (Å²) in [5.74, 6) is 0. The van der Waals surface area contributed by atoms with Crippen molar-refractivity contribution in [2.45, 2.75) is 25.3 Å².